The fourth-order valence-electron chi connectivity index (χ4n) is 6.83. The third-order valence-electron chi connectivity index (χ3n) is 9.81. The monoisotopic (exact) mass is 673 g/mol. The highest BCUT2D eigenvalue weighted by molar-refractivity contribution is 5.70. The Bertz CT molecular complexity index is 906. The molecule has 0 spiro atoms. The first kappa shape index (κ1) is 44.1. The topological polar surface area (TPSA) is 56.5 Å². The van der Waals surface area contributed by atoms with E-state index in [1.165, 1.54) is 147 Å². The Morgan fingerprint density at radius 2 is 0.854 bits per heavy atom. The van der Waals surface area contributed by atoms with E-state index in [1.54, 1.807) is 0 Å². The van der Waals surface area contributed by atoms with Gasteiger partial charge < -0.3 is 9.47 Å². The molecule has 0 amide bonds. The lowest BCUT2D eigenvalue weighted by Gasteiger charge is -2.17. The van der Waals surface area contributed by atoms with Crippen LogP contribution in [0.15, 0.2) is 12.1 Å². The standard InChI is InChI=1S/C43H78NO4/c1-6-8-10-12-14-16-18-20-22-24-26-28-30-32-42(45)47-37-41(36-44-39(4)34-38(3)35-40(44)5)48-43(46)33-31-29-27-25-23-21-19-17-15-13-11-9-7-2/h34-35,41H,6-33,36-37H2,1-5H3/q+1. The third-order valence-corrected chi connectivity index (χ3v) is 9.81. The van der Waals surface area contributed by atoms with Crippen molar-refractivity contribution in [1.29, 1.82) is 0 Å². The van der Waals surface area contributed by atoms with Crippen molar-refractivity contribution in [2.24, 2.45) is 0 Å². The van der Waals surface area contributed by atoms with Crippen LogP contribution in [0, 0.1) is 20.8 Å². The van der Waals surface area contributed by atoms with Crippen molar-refractivity contribution in [1.82, 2.24) is 0 Å². The SMILES string of the molecule is CCCCCCCCCCCCCCCC(=O)OCC(C[n+]1c(C)cc(C)cc1C)OC(=O)CCCCCCCCCCCCCCC. The van der Waals surface area contributed by atoms with E-state index in [1.807, 2.05) is 0 Å². The molecule has 278 valence electrons. The maximum absolute atomic E-state index is 12.9. The molecule has 0 N–H and O–H groups in total. The van der Waals surface area contributed by atoms with Gasteiger partial charge >= 0.3 is 11.9 Å². The maximum Gasteiger partial charge on any atom is 0.306 e. The number of carbonyl (C=O) groups is 2. The lowest BCUT2D eigenvalue weighted by atomic mass is 10.0. The maximum atomic E-state index is 12.9. The Balaban J connectivity index is 2.30. The quantitative estimate of drug-likeness (QED) is 0.0423. The minimum atomic E-state index is -0.486. The molecule has 0 aromatic carbocycles. The molecule has 1 heterocycles. The number of pyridine rings is 1. The number of rotatable bonds is 33. The van der Waals surface area contributed by atoms with Crippen LogP contribution in [0.5, 0.6) is 0 Å². The molecule has 5 nitrogen and oxygen atoms in total. The fourth-order valence-corrected chi connectivity index (χ4v) is 6.83. The summed E-state index contributed by atoms with van der Waals surface area (Å²) in [6, 6.07) is 4.28. The normalized spacial score (nSPS) is 11.9. The molecular weight excluding hydrogens is 594 g/mol. The summed E-state index contributed by atoms with van der Waals surface area (Å²) in [5, 5.41) is 0. The van der Waals surface area contributed by atoms with Crippen molar-refractivity contribution in [3.8, 4) is 0 Å². The van der Waals surface area contributed by atoms with Gasteiger partial charge in [-0.3, -0.25) is 9.59 Å². The van der Waals surface area contributed by atoms with Crippen molar-refractivity contribution in [3.63, 3.8) is 0 Å². The lowest BCUT2D eigenvalue weighted by molar-refractivity contribution is -0.714. The number of hydrogen-bond acceptors (Lipinski definition) is 4. The largest absolute Gasteiger partial charge is 0.461 e. The van der Waals surface area contributed by atoms with E-state index in [-0.39, 0.29) is 18.5 Å². The highest BCUT2D eigenvalue weighted by atomic mass is 16.6. The van der Waals surface area contributed by atoms with Gasteiger partial charge in [0.15, 0.2) is 24.0 Å². The molecule has 0 fully saturated rings. The van der Waals surface area contributed by atoms with E-state index in [4.69, 9.17) is 9.47 Å². The van der Waals surface area contributed by atoms with Gasteiger partial charge in [-0.05, 0) is 25.3 Å². The number of ether oxygens (including phenoxy) is 2. The van der Waals surface area contributed by atoms with E-state index in [2.05, 4.69) is 51.3 Å². The molecular formula is C43H78NO4+. The van der Waals surface area contributed by atoms with Crippen molar-refractivity contribution >= 4 is 11.9 Å². The molecule has 1 rings (SSSR count). The molecule has 0 aliphatic carbocycles. The predicted octanol–water partition coefficient (Wildman–Crippen LogP) is 12.3. The van der Waals surface area contributed by atoms with Gasteiger partial charge in [0.25, 0.3) is 0 Å². The van der Waals surface area contributed by atoms with Crippen LogP contribution < -0.4 is 4.57 Å². The van der Waals surface area contributed by atoms with Crippen LogP contribution in [-0.2, 0) is 25.6 Å². The summed E-state index contributed by atoms with van der Waals surface area (Å²) < 4.78 is 13.8. The zero-order chi connectivity index (χ0) is 35.1. The minimum absolute atomic E-state index is 0.112. The highest BCUT2D eigenvalue weighted by Gasteiger charge is 2.24. The second kappa shape index (κ2) is 31.1. The van der Waals surface area contributed by atoms with E-state index >= 15 is 0 Å². The molecule has 1 aromatic heterocycles. The average Bonchev–Trinajstić information content (AvgIpc) is 3.05. The van der Waals surface area contributed by atoms with Crippen molar-refractivity contribution in [2.45, 2.75) is 227 Å². The summed E-state index contributed by atoms with van der Waals surface area (Å²) in [6.07, 6.45) is 33.7. The van der Waals surface area contributed by atoms with Crippen molar-refractivity contribution in [2.75, 3.05) is 6.61 Å². The summed E-state index contributed by atoms with van der Waals surface area (Å²) >= 11 is 0. The van der Waals surface area contributed by atoms with Gasteiger partial charge in [0.1, 0.15) is 6.61 Å². The summed E-state index contributed by atoms with van der Waals surface area (Å²) in [6.45, 7) is 11.4. The van der Waals surface area contributed by atoms with Crippen molar-refractivity contribution in [3.05, 3.63) is 29.1 Å². The van der Waals surface area contributed by atoms with Crippen LogP contribution >= 0.6 is 0 Å². The van der Waals surface area contributed by atoms with Gasteiger partial charge in [-0.25, -0.2) is 0 Å². The second-order valence-corrected chi connectivity index (χ2v) is 14.7. The van der Waals surface area contributed by atoms with E-state index in [9.17, 15) is 9.59 Å². The zero-order valence-electron chi connectivity index (χ0n) is 32.5. The van der Waals surface area contributed by atoms with Crippen LogP contribution in [0.4, 0.5) is 0 Å². The van der Waals surface area contributed by atoms with Crippen LogP contribution in [0.3, 0.4) is 0 Å². The Morgan fingerprint density at radius 1 is 0.521 bits per heavy atom. The number of unbranched alkanes of at least 4 members (excludes halogenated alkanes) is 24. The number of esters is 2. The Hall–Kier alpha value is -1.91. The fraction of sp³-hybridized carbons (Fsp3) is 0.837. The molecule has 1 aromatic rings. The van der Waals surface area contributed by atoms with Crippen LogP contribution in [0.1, 0.15) is 211 Å². The molecule has 5 heteroatoms. The summed E-state index contributed by atoms with van der Waals surface area (Å²) in [4.78, 5) is 25.5. The minimum Gasteiger partial charge on any atom is -0.461 e. The van der Waals surface area contributed by atoms with E-state index in [0.29, 0.717) is 19.4 Å². The molecule has 1 atom stereocenters. The lowest BCUT2D eigenvalue weighted by Crippen LogP contribution is -2.48. The second-order valence-electron chi connectivity index (χ2n) is 14.7. The first-order chi connectivity index (χ1) is 23.4. The van der Waals surface area contributed by atoms with Gasteiger partial charge in [0, 0.05) is 38.8 Å². The zero-order valence-corrected chi connectivity index (χ0v) is 32.5. The Labute approximate surface area is 297 Å². The molecule has 0 saturated carbocycles. The molecule has 0 aliphatic rings. The first-order valence-electron chi connectivity index (χ1n) is 20.7. The van der Waals surface area contributed by atoms with E-state index < -0.39 is 6.10 Å². The number of aromatic nitrogens is 1. The van der Waals surface area contributed by atoms with Gasteiger partial charge in [-0.2, -0.15) is 4.57 Å². The smallest absolute Gasteiger partial charge is 0.306 e. The summed E-state index contributed by atoms with van der Waals surface area (Å²) in [7, 11) is 0. The van der Waals surface area contributed by atoms with Gasteiger partial charge in [-0.1, -0.05) is 168 Å². The molecule has 0 radical (unpaired) electrons. The molecule has 1 unspecified atom stereocenters. The van der Waals surface area contributed by atoms with Gasteiger partial charge in [-0.15, -0.1) is 0 Å². The summed E-state index contributed by atoms with van der Waals surface area (Å²) in [5.41, 5.74) is 3.44. The molecule has 0 bridgehead atoms. The average molecular weight is 673 g/mol. The van der Waals surface area contributed by atoms with Crippen LogP contribution in [-0.4, -0.2) is 24.6 Å². The first-order valence-corrected chi connectivity index (χ1v) is 20.7. The Kier molecular flexibility index (Phi) is 28.6. The summed E-state index contributed by atoms with van der Waals surface area (Å²) in [5.74, 6) is -0.364. The molecule has 48 heavy (non-hydrogen) atoms. The number of aryl methyl sites for hydroxylation is 3. The number of hydrogen-bond donors (Lipinski definition) is 0. The van der Waals surface area contributed by atoms with E-state index in [0.717, 1.165) is 37.1 Å². The van der Waals surface area contributed by atoms with Crippen LogP contribution in [0.25, 0.3) is 0 Å². The number of nitrogens with zero attached hydrogens (tertiary/aromatic N) is 1. The van der Waals surface area contributed by atoms with Crippen LogP contribution in [0.2, 0.25) is 0 Å². The third kappa shape index (κ3) is 25.1. The number of carbonyl (C=O) groups excluding carboxylic acids is 2. The van der Waals surface area contributed by atoms with Gasteiger partial charge in [0.2, 0.25) is 0 Å². The highest BCUT2D eigenvalue weighted by Crippen LogP contribution is 2.15. The molecule has 0 aliphatic heterocycles. The molecule has 0 saturated heterocycles. The Morgan fingerprint density at radius 3 is 1.23 bits per heavy atom. The van der Waals surface area contributed by atoms with Crippen molar-refractivity contribution < 1.29 is 23.6 Å². The van der Waals surface area contributed by atoms with Gasteiger partial charge in [0.05, 0.1) is 0 Å². The predicted molar refractivity (Wildman–Crippen MR) is 202 cm³/mol.